The maximum atomic E-state index is 11.6. The Labute approximate surface area is 123 Å². The van der Waals surface area contributed by atoms with Gasteiger partial charge in [-0.25, -0.2) is 19.4 Å². The molecule has 2 heterocycles. The number of fused-ring (bicyclic) bond motifs is 1. The molecule has 0 fully saturated rings. The number of nitrogens with zero attached hydrogens (tertiary/aromatic N) is 7. The molecular formula is C13H9N7O2. The van der Waals surface area contributed by atoms with E-state index < -0.39 is 5.97 Å². The summed E-state index contributed by atoms with van der Waals surface area (Å²) in [5.41, 5.74) is 9.61. The van der Waals surface area contributed by atoms with Gasteiger partial charge in [0.25, 0.3) is 0 Å². The molecule has 0 N–H and O–H groups in total. The first-order valence-electron chi connectivity index (χ1n) is 6.17. The Morgan fingerprint density at radius 3 is 2.95 bits per heavy atom. The molecule has 9 nitrogen and oxygen atoms in total. The van der Waals surface area contributed by atoms with Gasteiger partial charge in [-0.1, -0.05) is 6.07 Å². The summed E-state index contributed by atoms with van der Waals surface area (Å²) in [7, 11) is 1.31. The fourth-order valence-corrected chi connectivity index (χ4v) is 2.02. The zero-order valence-electron chi connectivity index (χ0n) is 11.4. The third-order valence-electron chi connectivity index (χ3n) is 2.99. The van der Waals surface area contributed by atoms with Gasteiger partial charge in [-0.15, -0.1) is 0 Å². The standard InChI is InChI=1S/C13H9N7O2/c1-22-13(21)8-2-3-9-7-17-20(10(9)6-8)12-11(18-19-14)15-4-5-16-12/h2-7H,1H3. The van der Waals surface area contributed by atoms with E-state index in [9.17, 15) is 4.79 Å². The molecule has 3 rings (SSSR count). The second-order valence-corrected chi connectivity index (χ2v) is 4.21. The number of aromatic nitrogens is 4. The average molecular weight is 295 g/mol. The first-order valence-corrected chi connectivity index (χ1v) is 6.17. The number of ether oxygens (including phenoxy) is 1. The third kappa shape index (κ3) is 2.21. The Kier molecular flexibility index (Phi) is 3.39. The van der Waals surface area contributed by atoms with Gasteiger partial charge in [0, 0.05) is 22.7 Å². The van der Waals surface area contributed by atoms with Crippen LogP contribution in [0.4, 0.5) is 5.82 Å². The zero-order valence-corrected chi connectivity index (χ0v) is 11.4. The summed E-state index contributed by atoms with van der Waals surface area (Å²) in [5.74, 6) is -0.0835. The van der Waals surface area contributed by atoms with E-state index in [1.54, 1.807) is 24.4 Å². The van der Waals surface area contributed by atoms with Crippen LogP contribution in [0.5, 0.6) is 0 Å². The molecule has 0 radical (unpaired) electrons. The van der Waals surface area contributed by atoms with Gasteiger partial charge in [-0.3, -0.25) is 0 Å². The van der Waals surface area contributed by atoms with Crippen molar-refractivity contribution in [3.8, 4) is 5.82 Å². The van der Waals surface area contributed by atoms with Crippen LogP contribution in [0.2, 0.25) is 0 Å². The van der Waals surface area contributed by atoms with Crippen LogP contribution in [0.3, 0.4) is 0 Å². The maximum Gasteiger partial charge on any atom is 0.337 e. The van der Waals surface area contributed by atoms with E-state index in [4.69, 9.17) is 10.3 Å². The quantitative estimate of drug-likeness (QED) is 0.318. The number of methoxy groups -OCH3 is 1. The predicted octanol–water partition coefficient (Wildman–Crippen LogP) is 2.54. The van der Waals surface area contributed by atoms with E-state index in [1.165, 1.54) is 24.2 Å². The number of carbonyl (C=O) groups is 1. The molecule has 0 bridgehead atoms. The minimum Gasteiger partial charge on any atom is -0.465 e. The van der Waals surface area contributed by atoms with Crippen molar-refractivity contribution in [2.45, 2.75) is 0 Å². The van der Waals surface area contributed by atoms with Crippen molar-refractivity contribution in [2.75, 3.05) is 7.11 Å². The first kappa shape index (κ1) is 13.5. The normalized spacial score (nSPS) is 10.2. The van der Waals surface area contributed by atoms with Gasteiger partial charge in [-0.05, 0) is 22.8 Å². The topological polar surface area (TPSA) is 119 Å². The van der Waals surface area contributed by atoms with Crippen LogP contribution in [0, 0.1) is 0 Å². The van der Waals surface area contributed by atoms with E-state index in [2.05, 4.69) is 25.1 Å². The van der Waals surface area contributed by atoms with Crippen LogP contribution in [0.15, 0.2) is 41.9 Å². The number of esters is 1. The zero-order chi connectivity index (χ0) is 15.5. The van der Waals surface area contributed by atoms with Crippen molar-refractivity contribution < 1.29 is 9.53 Å². The largest absolute Gasteiger partial charge is 0.465 e. The van der Waals surface area contributed by atoms with Crippen LogP contribution in [0.25, 0.3) is 27.2 Å². The van der Waals surface area contributed by atoms with Gasteiger partial charge in [0.05, 0.1) is 24.4 Å². The highest BCUT2D eigenvalue weighted by atomic mass is 16.5. The number of benzene rings is 1. The number of carbonyl (C=O) groups excluding carboxylic acids is 1. The lowest BCUT2D eigenvalue weighted by Crippen LogP contribution is -2.03. The highest BCUT2D eigenvalue weighted by Gasteiger charge is 2.13. The molecule has 108 valence electrons. The first-order chi connectivity index (χ1) is 10.7. The highest BCUT2D eigenvalue weighted by molar-refractivity contribution is 5.94. The summed E-state index contributed by atoms with van der Waals surface area (Å²) in [4.78, 5) is 22.5. The molecule has 3 aromatic rings. The number of rotatable bonds is 3. The number of hydrogen-bond acceptors (Lipinski definition) is 6. The minimum absolute atomic E-state index is 0.0958. The smallest absolute Gasteiger partial charge is 0.337 e. The van der Waals surface area contributed by atoms with Gasteiger partial charge in [0.2, 0.25) is 0 Å². The fraction of sp³-hybridized carbons (Fsp3) is 0.0769. The summed E-state index contributed by atoms with van der Waals surface area (Å²) >= 11 is 0. The molecule has 0 saturated carbocycles. The number of azide groups is 1. The molecule has 0 aliphatic carbocycles. The van der Waals surface area contributed by atoms with Crippen molar-refractivity contribution in [2.24, 2.45) is 5.11 Å². The van der Waals surface area contributed by atoms with Gasteiger partial charge >= 0.3 is 5.97 Å². The molecule has 22 heavy (non-hydrogen) atoms. The Bertz CT molecular complexity index is 912. The van der Waals surface area contributed by atoms with E-state index in [1.807, 2.05) is 0 Å². The summed E-state index contributed by atoms with van der Waals surface area (Å²) in [6, 6.07) is 5.02. The van der Waals surface area contributed by atoms with Crippen molar-refractivity contribution >= 4 is 22.7 Å². The SMILES string of the molecule is COC(=O)c1ccc2cnn(-c3nccnc3N=[N+]=[N-])c2c1. The van der Waals surface area contributed by atoms with Crippen molar-refractivity contribution in [1.29, 1.82) is 0 Å². The van der Waals surface area contributed by atoms with Crippen LogP contribution in [-0.2, 0) is 4.74 Å². The molecule has 1 aromatic carbocycles. The molecule has 0 aliphatic heterocycles. The minimum atomic E-state index is -0.455. The van der Waals surface area contributed by atoms with Crippen LogP contribution < -0.4 is 0 Å². The molecule has 2 aromatic heterocycles. The Hall–Kier alpha value is -3.45. The summed E-state index contributed by atoms with van der Waals surface area (Å²) in [6.07, 6.45) is 4.49. The van der Waals surface area contributed by atoms with E-state index in [0.29, 0.717) is 11.1 Å². The summed E-state index contributed by atoms with van der Waals surface area (Å²) in [6.45, 7) is 0. The molecule has 9 heteroatoms. The summed E-state index contributed by atoms with van der Waals surface area (Å²) in [5, 5.41) is 8.51. The lowest BCUT2D eigenvalue weighted by atomic mass is 10.1. The number of hydrogen-bond donors (Lipinski definition) is 0. The van der Waals surface area contributed by atoms with Crippen LogP contribution in [0.1, 0.15) is 10.4 Å². The highest BCUT2D eigenvalue weighted by Crippen LogP contribution is 2.23. The van der Waals surface area contributed by atoms with Gasteiger partial charge < -0.3 is 4.74 Å². The fourth-order valence-electron chi connectivity index (χ4n) is 2.02. The Balaban J connectivity index is 2.23. The second-order valence-electron chi connectivity index (χ2n) is 4.21. The Morgan fingerprint density at radius 1 is 1.36 bits per heavy atom. The Morgan fingerprint density at radius 2 is 2.18 bits per heavy atom. The van der Waals surface area contributed by atoms with E-state index >= 15 is 0 Å². The molecule has 0 amide bonds. The molecule has 0 aliphatic rings. The lowest BCUT2D eigenvalue weighted by Gasteiger charge is -2.05. The van der Waals surface area contributed by atoms with Crippen molar-refractivity contribution in [1.82, 2.24) is 19.7 Å². The molecule has 0 atom stereocenters. The molecule has 0 spiro atoms. The third-order valence-corrected chi connectivity index (χ3v) is 2.99. The second kappa shape index (κ2) is 5.51. The summed E-state index contributed by atoms with van der Waals surface area (Å²) < 4.78 is 6.16. The van der Waals surface area contributed by atoms with Gasteiger partial charge in [0.1, 0.15) is 0 Å². The van der Waals surface area contributed by atoms with Crippen molar-refractivity contribution in [3.05, 3.63) is 52.8 Å². The monoisotopic (exact) mass is 295 g/mol. The van der Waals surface area contributed by atoms with Crippen LogP contribution in [-0.4, -0.2) is 32.8 Å². The lowest BCUT2D eigenvalue weighted by molar-refractivity contribution is 0.0601. The van der Waals surface area contributed by atoms with E-state index in [0.717, 1.165) is 5.39 Å². The predicted molar refractivity (Wildman–Crippen MR) is 76.8 cm³/mol. The van der Waals surface area contributed by atoms with Crippen LogP contribution >= 0.6 is 0 Å². The molecule has 0 unspecified atom stereocenters. The average Bonchev–Trinajstić information content (AvgIpc) is 2.98. The molecule has 0 saturated heterocycles. The van der Waals surface area contributed by atoms with Gasteiger partial charge in [-0.2, -0.15) is 5.10 Å². The maximum absolute atomic E-state index is 11.6. The van der Waals surface area contributed by atoms with Gasteiger partial charge in [0.15, 0.2) is 11.6 Å². The van der Waals surface area contributed by atoms with E-state index in [-0.39, 0.29) is 11.6 Å². The molecular weight excluding hydrogens is 286 g/mol. The van der Waals surface area contributed by atoms with Crippen molar-refractivity contribution in [3.63, 3.8) is 0 Å².